The zero-order valence-electron chi connectivity index (χ0n) is 17.9. The fraction of sp³-hybridized carbons (Fsp3) is 0.435. The fourth-order valence-electron chi connectivity index (χ4n) is 3.75. The van der Waals surface area contributed by atoms with Crippen LogP contribution in [0, 0.1) is 13.8 Å². The van der Waals surface area contributed by atoms with E-state index in [4.69, 9.17) is 4.74 Å². The lowest BCUT2D eigenvalue weighted by Gasteiger charge is -2.28. The van der Waals surface area contributed by atoms with Crippen LogP contribution < -0.4 is 9.04 Å². The van der Waals surface area contributed by atoms with E-state index < -0.39 is 10.0 Å². The summed E-state index contributed by atoms with van der Waals surface area (Å²) in [5.74, 6) is 0.0917. The van der Waals surface area contributed by atoms with Gasteiger partial charge in [-0.15, -0.1) is 0 Å². The van der Waals surface area contributed by atoms with Crippen molar-refractivity contribution in [2.75, 3.05) is 31.0 Å². The Balaban J connectivity index is 2.03. The molecular formula is C23H30N2O4S. The number of methoxy groups -OCH3 is 1. The SMILES string of the molecule is COc1ccc(C)cc1S(=O)(=O)N(CC(=O)N1CCCCCC1)c1cccc(C)c1. The predicted molar refractivity (Wildman–Crippen MR) is 118 cm³/mol. The van der Waals surface area contributed by atoms with E-state index in [9.17, 15) is 13.2 Å². The third kappa shape index (κ3) is 4.95. The molecule has 0 unspecified atom stereocenters. The van der Waals surface area contributed by atoms with Gasteiger partial charge < -0.3 is 9.64 Å². The lowest BCUT2D eigenvalue weighted by atomic mass is 10.2. The van der Waals surface area contributed by atoms with E-state index in [2.05, 4.69) is 0 Å². The Kier molecular flexibility index (Phi) is 7.02. The average Bonchev–Trinajstić information content (AvgIpc) is 3.01. The molecule has 1 aliphatic heterocycles. The predicted octanol–water partition coefficient (Wildman–Crippen LogP) is 3.91. The van der Waals surface area contributed by atoms with Gasteiger partial charge in [0.1, 0.15) is 17.2 Å². The molecule has 0 radical (unpaired) electrons. The zero-order valence-corrected chi connectivity index (χ0v) is 18.7. The molecule has 2 aromatic rings. The van der Waals surface area contributed by atoms with Gasteiger partial charge in [-0.2, -0.15) is 0 Å². The molecule has 3 rings (SSSR count). The second-order valence-electron chi connectivity index (χ2n) is 7.80. The maximum absolute atomic E-state index is 13.7. The number of hydrogen-bond acceptors (Lipinski definition) is 4. The minimum atomic E-state index is -4.02. The van der Waals surface area contributed by atoms with Gasteiger partial charge in [-0.25, -0.2) is 8.42 Å². The molecule has 0 atom stereocenters. The van der Waals surface area contributed by atoms with Gasteiger partial charge >= 0.3 is 0 Å². The zero-order chi connectivity index (χ0) is 21.7. The molecule has 1 amide bonds. The van der Waals surface area contributed by atoms with Crippen molar-refractivity contribution in [2.45, 2.75) is 44.4 Å². The molecule has 7 heteroatoms. The van der Waals surface area contributed by atoms with Crippen LogP contribution in [0.1, 0.15) is 36.8 Å². The molecule has 0 spiro atoms. The number of benzene rings is 2. The first-order valence-corrected chi connectivity index (χ1v) is 11.8. The first kappa shape index (κ1) is 22.2. The number of carbonyl (C=O) groups excluding carboxylic acids is 1. The number of amides is 1. The standard InChI is InChI=1S/C23H30N2O4S/c1-18-9-8-10-20(15-18)25(17-23(26)24-13-6-4-5-7-14-24)30(27,28)22-16-19(2)11-12-21(22)29-3/h8-12,15-16H,4-7,13-14,17H2,1-3H3. The molecule has 1 aliphatic rings. The molecule has 162 valence electrons. The molecule has 30 heavy (non-hydrogen) atoms. The van der Waals surface area contributed by atoms with Crippen LogP contribution in [0.3, 0.4) is 0 Å². The maximum Gasteiger partial charge on any atom is 0.268 e. The molecular weight excluding hydrogens is 400 g/mol. The second kappa shape index (κ2) is 9.51. The monoisotopic (exact) mass is 430 g/mol. The van der Waals surface area contributed by atoms with Crippen LogP contribution in [0.5, 0.6) is 5.75 Å². The summed E-state index contributed by atoms with van der Waals surface area (Å²) in [4.78, 5) is 15.0. The lowest BCUT2D eigenvalue weighted by Crippen LogP contribution is -2.43. The third-order valence-electron chi connectivity index (χ3n) is 5.41. The first-order chi connectivity index (χ1) is 14.3. The summed E-state index contributed by atoms with van der Waals surface area (Å²) in [6, 6.07) is 12.3. The van der Waals surface area contributed by atoms with Crippen molar-refractivity contribution in [3.63, 3.8) is 0 Å². The molecule has 2 aromatic carbocycles. The average molecular weight is 431 g/mol. The lowest BCUT2D eigenvalue weighted by molar-refractivity contribution is -0.129. The maximum atomic E-state index is 13.7. The highest BCUT2D eigenvalue weighted by atomic mass is 32.2. The van der Waals surface area contributed by atoms with Gasteiger partial charge in [0.05, 0.1) is 12.8 Å². The van der Waals surface area contributed by atoms with Crippen molar-refractivity contribution in [2.24, 2.45) is 0 Å². The Morgan fingerprint density at radius 1 is 1.00 bits per heavy atom. The van der Waals surface area contributed by atoms with Gasteiger partial charge in [0.15, 0.2) is 0 Å². The van der Waals surface area contributed by atoms with Crippen LogP contribution in [0.15, 0.2) is 47.4 Å². The number of ether oxygens (including phenoxy) is 1. The normalized spacial score (nSPS) is 14.8. The summed E-state index contributed by atoms with van der Waals surface area (Å²) >= 11 is 0. The third-order valence-corrected chi connectivity index (χ3v) is 7.21. The number of nitrogens with zero attached hydrogens (tertiary/aromatic N) is 2. The Morgan fingerprint density at radius 2 is 1.67 bits per heavy atom. The highest BCUT2D eigenvalue weighted by Gasteiger charge is 2.31. The quantitative estimate of drug-likeness (QED) is 0.697. The highest BCUT2D eigenvalue weighted by molar-refractivity contribution is 7.93. The van der Waals surface area contributed by atoms with Gasteiger partial charge in [-0.3, -0.25) is 9.10 Å². The molecule has 0 aromatic heterocycles. The molecule has 0 aliphatic carbocycles. The van der Waals surface area contributed by atoms with Crippen LogP contribution in [0.4, 0.5) is 5.69 Å². The summed E-state index contributed by atoms with van der Waals surface area (Å²) in [5.41, 5.74) is 2.20. The van der Waals surface area contributed by atoms with Crippen LogP contribution in [0.25, 0.3) is 0 Å². The van der Waals surface area contributed by atoms with E-state index in [0.29, 0.717) is 18.8 Å². The van der Waals surface area contributed by atoms with Gasteiger partial charge in [-0.1, -0.05) is 31.0 Å². The number of likely N-dealkylation sites (tertiary alicyclic amines) is 1. The van der Waals surface area contributed by atoms with Crippen molar-refractivity contribution < 1.29 is 17.9 Å². The smallest absolute Gasteiger partial charge is 0.268 e. The first-order valence-electron chi connectivity index (χ1n) is 10.3. The summed E-state index contributed by atoms with van der Waals surface area (Å²) in [6.07, 6.45) is 4.11. The topological polar surface area (TPSA) is 66.9 Å². The Labute approximate surface area is 179 Å². The minimum absolute atomic E-state index is 0.0650. The largest absolute Gasteiger partial charge is 0.495 e. The second-order valence-corrected chi connectivity index (χ2v) is 9.63. The van der Waals surface area contributed by atoms with E-state index >= 15 is 0 Å². The summed E-state index contributed by atoms with van der Waals surface area (Å²) in [6.45, 7) is 4.85. The fourth-order valence-corrected chi connectivity index (χ4v) is 5.39. The van der Waals surface area contributed by atoms with Crippen molar-refractivity contribution in [3.8, 4) is 5.75 Å². The van der Waals surface area contributed by atoms with E-state index in [-0.39, 0.29) is 23.1 Å². The number of anilines is 1. The Bertz CT molecular complexity index is 996. The van der Waals surface area contributed by atoms with Crippen molar-refractivity contribution in [1.29, 1.82) is 0 Å². The number of sulfonamides is 1. The van der Waals surface area contributed by atoms with Gasteiger partial charge in [0.2, 0.25) is 5.91 Å². The van der Waals surface area contributed by atoms with Crippen LogP contribution in [0.2, 0.25) is 0 Å². The van der Waals surface area contributed by atoms with Crippen LogP contribution >= 0.6 is 0 Å². The highest BCUT2D eigenvalue weighted by Crippen LogP contribution is 2.31. The van der Waals surface area contributed by atoms with E-state index in [0.717, 1.165) is 36.8 Å². The summed E-state index contributed by atoms with van der Waals surface area (Å²) in [7, 11) is -2.57. The molecule has 0 N–H and O–H groups in total. The number of aryl methyl sites for hydroxylation is 2. The van der Waals surface area contributed by atoms with Crippen molar-refractivity contribution in [1.82, 2.24) is 4.90 Å². The number of carbonyl (C=O) groups is 1. The van der Waals surface area contributed by atoms with Crippen molar-refractivity contribution >= 4 is 21.6 Å². The van der Waals surface area contributed by atoms with Gasteiger partial charge in [0.25, 0.3) is 10.0 Å². The van der Waals surface area contributed by atoms with Crippen LogP contribution in [-0.2, 0) is 14.8 Å². The molecule has 1 heterocycles. The van der Waals surface area contributed by atoms with E-state index in [1.807, 2.05) is 19.9 Å². The number of hydrogen-bond donors (Lipinski definition) is 0. The van der Waals surface area contributed by atoms with Gasteiger partial charge in [-0.05, 0) is 62.1 Å². The molecule has 1 fully saturated rings. The summed E-state index contributed by atoms with van der Waals surface area (Å²) < 4.78 is 34.0. The van der Waals surface area contributed by atoms with E-state index in [1.165, 1.54) is 11.4 Å². The molecule has 1 saturated heterocycles. The number of rotatable bonds is 6. The van der Waals surface area contributed by atoms with Crippen molar-refractivity contribution in [3.05, 3.63) is 53.6 Å². The summed E-state index contributed by atoms with van der Waals surface area (Å²) in [5, 5.41) is 0. The van der Waals surface area contributed by atoms with Crippen LogP contribution in [-0.4, -0.2) is 46.0 Å². The minimum Gasteiger partial charge on any atom is -0.495 e. The molecule has 0 saturated carbocycles. The molecule has 6 nitrogen and oxygen atoms in total. The Morgan fingerprint density at radius 3 is 2.30 bits per heavy atom. The molecule has 0 bridgehead atoms. The van der Waals surface area contributed by atoms with E-state index in [1.54, 1.807) is 41.3 Å². The van der Waals surface area contributed by atoms with Gasteiger partial charge in [0, 0.05) is 13.1 Å². The Hall–Kier alpha value is -2.54.